The van der Waals surface area contributed by atoms with Gasteiger partial charge in [0.25, 0.3) is 5.91 Å². The number of nitrogens with one attached hydrogen (secondary N) is 1. The lowest BCUT2D eigenvalue weighted by atomic mass is 10.0. The number of anilines is 2. The summed E-state index contributed by atoms with van der Waals surface area (Å²) in [5.41, 5.74) is 9.55. The molecule has 0 bridgehead atoms. The van der Waals surface area contributed by atoms with Gasteiger partial charge in [0.05, 0.1) is 30.3 Å². The van der Waals surface area contributed by atoms with Crippen LogP contribution in [0.5, 0.6) is 0 Å². The molecular formula is C25H28N6O3. The van der Waals surface area contributed by atoms with Gasteiger partial charge in [-0.3, -0.25) is 9.59 Å². The Labute approximate surface area is 197 Å². The fraction of sp³-hybridized carbons (Fsp3) is 0.320. The van der Waals surface area contributed by atoms with Crippen LogP contribution in [0.4, 0.5) is 11.5 Å². The van der Waals surface area contributed by atoms with Crippen molar-refractivity contribution in [1.82, 2.24) is 14.9 Å². The van der Waals surface area contributed by atoms with Crippen LogP contribution < -0.4 is 15.5 Å². The Kier molecular flexibility index (Phi) is 5.70. The number of ether oxygens (including phenoxy) is 1. The number of primary amides is 1. The second-order valence-corrected chi connectivity index (χ2v) is 8.68. The Balaban J connectivity index is 1.46. The number of nitrogens with two attached hydrogens (primary N) is 1. The molecular weight excluding hydrogens is 432 g/mol. The van der Waals surface area contributed by atoms with Crippen molar-refractivity contribution in [2.45, 2.75) is 6.04 Å². The number of morpholine rings is 1. The molecule has 5 rings (SSSR count). The highest BCUT2D eigenvalue weighted by atomic mass is 16.5. The molecule has 0 aliphatic carbocycles. The fourth-order valence-corrected chi connectivity index (χ4v) is 4.60. The van der Waals surface area contributed by atoms with Crippen molar-refractivity contribution in [1.29, 1.82) is 0 Å². The number of amides is 2. The summed E-state index contributed by atoms with van der Waals surface area (Å²) in [6.45, 7) is 7.88. The Morgan fingerprint density at radius 3 is 2.65 bits per heavy atom. The maximum atomic E-state index is 12.1. The number of carbonyl (C=O) groups excluding carboxylic acids is 2. The van der Waals surface area contributed by atoms with Crippen LogP contribution in [0.25, 0.3) is 22.2 Å². The number of likely N-dealkylation sites (tertiary alicyclic amines) is 1. The van der Waals surface area contributed by atoms with Gasteiger partial charge in [0, 0.05) is 61.8 Å². The molecule has 2 saturated heterocycles. The van der Waals surface area contributed by atoms with E-state index in [4.69, 9.17) is 10.5 Å². The molecule has 2 aliphatic rings. The number of nitrogens with zero attached hydrogens (tertiary/aromatic N) is 4. The van der Waals surface area contributed by atoms with Crippen molar-refractivity contribution in [3.05, 3.63) is 54.7 Å². The van der Waals surface area contributed by atoms with Crippen molar-refractivity contribution < 1.29 is 14.3 Å². The highest BCUT2D eigenvalue weighted by molar-refractivity contribution is 6.10. The van der Waals surface area contributed by atoms with E-state index in [0.717, 1.165) is 41.2 Å². The van der Waals surface area contributed by atoms with E-state index in [1.54, 1.807) is 11.0 Å². The first kappa shape index (κ1) is 22.0. The lowest BCUT2D eigenvalue weighted by Crippen LogP contribution is -2.60. The van der Waals surface area contributed by atoms with Gasteiger partial charge in [0.15, 0.2) is 0 Å². The minimum Gasteiger partial charge on any atom is -0.378 e. The molecule has 0 saturated carbocycles. The largest absolute Gasteiger partial charge is 0.378 e. The van der Waals surface area contributed by atoms with Crippen LogP contribution >= 0.6 is 0 Å². The van der Waals surface area contributed by atoms with E-state index in [1.807, 2.05) is 37.5 Å². The van der Waals surface area contributed by atoms with E-state index in [0.29, 0.717) is 37.4 Å². The minimum absolute atomic E-state index is 0.0594. The van der Waals surface area contributed by atoms with Crippen molar-refractivity contribution in [3.63, 3.8) is 0 Å². The molecule has 3 aromatic rings. The van der Waals surface area contributed by atoms with Crippen LogP contribution in [0.3, 0.4) is 0 Å². The SMILES string of the molecule is C=CC(=O)N1CC(N(C)c2ccc(C(N)=O)c3[nH]c(-c4ccc(N5CCOCC5)nc4)cc23)C1. The van der Waals surface area contributed by atoms with Gasteiger partial charge in [0.1, 0.15) is 5.82 Å². The number of pyridine rings is 1. The van der Waals surface area contributed by atoms with Crippen LogP contribution in [0, 0.1) is 0 Å². The lowest BCUT2D eigenvalue weighted by molar-refractivity contribution is -0.130. The molecule has 2 amide bonds. The molecule has 1 aromatic carbocycles. The molecule has 0 unspecified atom stereocenters. The van der Waals surface area contributed by atoms with Crippen molar-refractivity contribution in [2.24, 2.45) is 5.73 Å². The predicted octanol–water partition coefficient (Wildman–Crippen LogP) is 2.00. The number of aromatic amines is 1. The molecule has 0 atom stereocenters. The average molecular weight is 461 g/mol. The van der Waals surface area contributed by atoms with Gasteiger partial charge in [-0.25, -0.2) is 4.98 Å². The van der Waals surface area contributed by atoms with Crippen molar-refractivity contribution in [3.8, 4) is 11.3 Å². The zero-order valence-electron chi connectivity index (χ0n) is 19.2. The first-order chi connectivity index (χ1) is 16.5. The van der Waals surface area contributed by atoms with Crippen molar-refractivity contribution >= 4 is 34.2 Å². The molecule has 9 nitrogen and oxygen atoms in total. The number of hydrogen-bond donors (Lipinski definition) is 2. The highest BCUT2D eigenvalue weighted by Gasteiger charge is 2.33. The molecule has 0 radical (unpaired) electrons. The lowest BCUT2D eigenvalue weighted by Gasteiger charge is -2.44. The monoisotopic (exact) mass is 460 g/mol. The summed E-state index contributed by atoms with van der Waals surface area (Å²) in [5.74, 6) is 0.376. The summed E-state index contributed by atoms with van der Waals surface area (Å²) >= 11 is 0. The molecule has 2 fully saturated rings. The Morgan fingerprint density at radius 1 is 1.24 bits per heavy atom. The van der Waals surface area contributed by atoms with Crippen LogP contribution in [0.1, 0.15) is 10.4 Å². The average Bonchev–Trinajstić information content (AvgIpc) is 3.28. The molecule has 176 valence electrons. The smallest absolute Gasteiger partial charge is 0.250 e. The number of fused-ring (bicyclic) bond motifs is 1. The second kappa shape index (κ2) is 8.83. The van der Waals surface area contributed by atoms with E-state index >= 15 is 0 Å². The second-order valence-electron chi connectivity index (χ2n) is 8.68. The quantitative estimate of drug-likeness (QED) is 0.545. The van der Waals surface area contributed by atoms with Gasteiger partial charge in [-0.1, -0.05) is 6.58 Å². The normalized spacial score (nSPS) is 16.4. The Morgan fingerprint density at radius 2 is 2.00 bits per heavy atom. The topological polar surface area (TPSA) is 108 Å². The number of benzene rings is 1. The standard InChI is InChI=1S/C25H28N6O3/c1-3-23(32)31-14-17(15-31)29(2)21-6-5-18(25(26)33)24-19(21)12-20(28-24)16-4-7-22(27-13-16)30-8-10-34-11-9-30/h3-7,12-13,17,28H,1,8-11,14-15H2,2H3,(H2,26,33). The molecule has 34 heavy (non-hydrogen) atoms. The van der Waals surface area contributed by atoms with Crippen LogP contribution in [0.2, 0.25) is 0 Å². The van der Waals surface area contributed by atoms with Crippen LogP contribution in [0.15, 0.2) is 49.2 Å². The number of rotatable bonds is 6. The highest BCUT2D eigenvalue weighted by Crippen LogP contribution is 2.35. The van der Waals surface area contributed by atoms with E-state index in [-0.39, 0.29) is 11.9 Å². The summed E-state index contributed by atoms with van der Waals surface area (Å²) in [7, 11) is 2.00. The van der Waals surface area contributed by atoms with E-state index < -0.39 is 5.91 Å². The van der Waals surface area contributed by atoms with Gasteiger partial charge in [-0.15, -0.1) is 0 Å². The summed E-state index contributed by atoms with van der Waals surface area (Å²) in [5, 5.41) is 0.902. The van der Waals surface area contributed by atoms with E-state index in [1.165, 1.54) is 6.08 Å². The third-order valence-electron chi connectivity index (χ3n) is 6.71. The summed E-state index contributed by atoms with van der Waals surface area (Å²) in [6.07, 6.45) is 3.18. The Bertz CT molecular complexity index is 1240. The van der Waals surface area contributed by atoms with Gasteiger partial charge in [0.2, 0.25) is 5.91 Å². The first-order valence-corrected chi connectivity index (χ1v) is 11.3. The zero-order chi connectivity index (χ0) is 23.8. The van der Waals surface area contributed by atoms with Gasteiger partial charge >= 0.3 is 0 Å². The molecule has 3 N–H and O–H groups in total. The summed E-state index contributed by atoms with van der Waals surface area (Å²) < 4.78 is 5.42. The number of likely N-dealkylation sites (N-methyl/N-ethyl adjacent to an activating group) is 1. The number of hydrogen-bond acceptors (Lipinski definition) is 6. The molecule has 2 aliphatic heterocycles. The van der Waals surface area contributed by atoms with Crippen molar-refractivity contribution in [2.75, 3.05) is 56.2 Å². The fourth-order valence-electron chi connectivity index (χ4n) is 4.60. The maximum Gasteiger partial charge on any atom is 0.250 e. The van der Waals surface area contributed by atoms with Crippen LogP contribution in [-0.2, 0) is 9.53 Å². The van der Waals surface area contributed by atoms with E-state index in [9.17, 15) is 9.59 Å². The first-order valence-electron chi connectivity index (χ1n) is 11.3. The minimum atomic E-state index is -0.486. The molecule has 2 aromatic heterocycles. The van der Waals surface area contributed by atoms with Gasteiger partial charge in [-0.05, 0) is 36.4 Å². The predicted molar refractivity (Wildman–Crippen MR) is 132 cm³/mol. The third kappa shape index (κ3) is 3.88. The number of aromatic nitrogens is 2. The Hall–Kier alpha value is -3.85. The molecule has 4 heterocycles. The van der Waals surface area contributed by atoms with Gasteiger partial charge < -0.3 is 30.2 Å². The van der Waals surface area contributed by atoms with Gasteiger partial charge in [-0.2, -0.15) is 0 Å². The summed E-state index contributed by atoms with van der Waals surface area (Å²) in [6, 6.07) is 9.91. The molecule has 9 heteroatoms. The number of carbonyl (C=O) groups is 2. The summed E-state index contributed by atoms with van der Waals surface area (Å²) in [4.78, 5) is 38.1. The zero-order valence-corrected chi connectivity index (χ0v) is 19.2. The van der Waals surface area contributed by atoms with Crippen LogP contribution in [-0.4, -0.2) is 79.2 Å². The number of H-pyrrole nitrogens is 1. The molecule has 0 spiro atoms. The third-order valence-corrected chi connectivity index (χ3v) is 6.71. The maximum absolute atomic E-state index is 12.1. The van der Waals surface area contributed by atoms with E-state index in [2.05, 4.69) is 26.3 Å².